The number of nitrogens with one attached hydrogen (secondary N) is 1. The fourth-order valence-electron chi connectivity index (χ4n) is 2.96. The topological polar surface area (TPSA) is 45.2 Å². The Morgan fingerprint density at radius 2 is 2.20 bits per heavy atom. The normalized spacial score (nSPS) is 22.6. The summed E-state index contributed by atoms with van der Waals surface area (Å²) in [7, 11) is 0. The molecular weight excluding hydrogens is 250 g/mol. The quantitative estimate of drug-likeness (QED) is 0.917. The van der Waals surface area contributed by atoms with Crippen molar-refractivity contribution in [2.24, 2.45) is 0 Å². The van der Waals surface area contributed by atoms with E-state index in [-0.39, 0.29) is 5.91 Å². The molecule has 1 saturated carbocycles. The summed E-state index contributed by atoms with van der Waals surface area (Å²) < 4.78 is 0. The summed E-state index contributed by atoms with van der Waals surface area (Å²) in [5.74, 6) is 0.142. The lowest BCUT2D eigenvalue weighted by Crippen LogP contribution is -2.43. The molecule has 2 heterocycles. The zero-order valence-electron chi connectivity index (χ0n) is 12.1. The highest BCUT2D eigenvalue weighted by Crippen LogP contribution is 2.26. The van der Waals surface area contributed by atoms with Gasteiger partial charge in [0.25, 0.3) is 5.91 Å². The molecule has 4 nitrogen and oxygen atoms in total. The first-order valence-electron chi connectivity index (χ1n) is 7.80. The summed E-state index contributed by atoms with van der Waals surface area (Å²) in [5, 5.41) is 3.41. The molecule has 0 radical (unpaired) electrons. The van der Waals surface area contributed by atoms with Crippen LogP contribution in [0.3, 0.4) is 0 Å². The predicted molar refractivity (Wildman–Crippen MR) is 79.8 cm³/mol. The minimum Gasteiger partial charge on any atom is -0.381 e. The van der Waals surface area contributed by atoms with Crippen molar-refractivity contribution in [3.8, 4) is 0 Å². The van der Waals surface area contributed by atoms with Crippen LogP contribution in [0.5, 0.6) is 0 Å². The number of hydrogen-bond donors (Lipinski definition) is 1. The lowest BCUT2D eigenvalue weighted by molar-refractivity contribution is 0.0607. The molecule has 1 saturated heterocycles. The van der Waals surface area contributed by atoms with E-state index in [1.165, 1.54) is 19.3 Å². The van der Waals surface area contributed by atoms with E-state index in [0.29, 0.717) is 12.1 Å². The maximum absolute atomic E-state index is 12.7. The number of nitrogens with zero attached hydrogens (tertiary/aromatic N) is 2. The number of carbonyl (C=O) groups is 1. The van der Waals surface area contributed by atoms with Gasteiger partial charge < -0.3 is 10.2 Å². The van der Waals surface area contributed by atoms with E-state index in [1.807, 2.05) is 17.2 Å². The molecule has 2 aliphatic rings. The summed E-state index contributed by atoms with van der Waals surface area (Å²) in [6, 6.07) is 2.94. The molecule has 1 aliphatic carbocycles. The standard InChI is InChI=1S/C16H23N3O/c1-2-15-5-3-4-8-19(15)16(20)12-9-14(11-17-10-12)18-13-6-7-13/h9-11,13,15,18H,2-8H2,1H3. The van der Waals surface area contributed by atoms with E-state index in [4.69, 9.17) is 0 Å². The summed E-state index contributed by atoms with van der Waals surface area (Å²) >= 11 is 0. The molecule has 1 aromatic heterocycles. The molecule has 4 heteroatoms. The van der Waals surface area contributed by atoms with E-state index >= 15 is 0 Å². The van der Waals surface area contributed by atoms with Gasteiger partial charge in [-0.15, -0.1) is 0 Å². The van der Waals surface area contributed by atoms with E-state index < -0.39 is 0 Å². The number of likely N-dealkylation sites (tertiary alicyclic amines) is 1. The molecule has 0 aromatic carbocycles. The second-order valence-corrected chi connectivity index (χ2v) is 5.94. The summed E-state index contributed by atoms with van der Waals surface area (Å²) in [4.78, 5) is 18.9. The van der Waals surface area contributed by atoms with Crippen molar-refractivity contribution in [2.75, 3.05) is 11.9 Å². The Kier molecular flexibility index (Phi) is 3.90. The molecule has 1 aromatic rings. The van der Waals surface area contributed by atoms with Gasteiger partial charge in [0.1, 0.15) is 0 Å². The molecule has 1 N–H and O–H groups in total. The number of amides is 1. The number of pyridine rings is 1. The Balaban J connectivity index is 1.74. The van der Waals surface area contributed by atoms with Crippen LogP contribution in [0.4, 0.5) is 5.69 Å². The van der Waals surface area contributed by atoms with Crippen LogP contribution in [0.15, 0.2) is 18.5 Å². The van der Waals surface area contributed by atoms with Crippen LogP contribution in [0.2, 0.25) is 0 Å². The van der Waals surface area contributed by atoms with Gasteiger partial charge in [-0.1, -0.05) is 6.92 Å². The molecule has 1 amide bonds. The second-order valence-electron chi connectivity index (χ2n) is 5.94. The highest BCUT2D eigenvalue weighted by molar-refractivity contribution is 5.95. The number of piperidine rings is 1. The third-order valence-corrected chi connectivity index (χ3v) is 4.29. The predicted octanol–water partition coefficient (Wildman–Crippen LogP) is 3.06. The molecular formula is C16H23N3O. The number of carbonyl (C=O) groups excluding carboxylic acids is 1. The van der Waals surface area contributed by atoms with E-state index in [0.717, 1.165) is 37.1 Å². The largest absolute Gasteiger partial charge is 0.381 e. The molecule has 2 fully saturated rings. The number of anilines is 1. The molecule has 0 bridgehead atoms. The summed E-state index contributed by atoms with van der Waals surface area (Å²) in [6.07, 6.45) is 10.5. The van der Waals surface area contributed by atoms with Crippen LogP contribution in [0, 0.1) is 0 Å². The van der Waals surface area contributed by atoms with Crippen LogP contribution < -0.4 is 5.32 Å². The van der Waals surface area contributed by atoms with E-state index in [9.17, 15) is 4.79 Å². The molecule has 108 valence electrons. The Bertz CT molecular complexity index is 484. The van der Waals surface area contributed by atoms with Gasteiger partial charge in [-0.25, -0.2) is 0 Å². The van der Waals surface area contributed by atoms with Gasteiger partial charge in [-0.05, 0) is 44.6 Å². The minimum absolute atomic E-state index is 0.142. The maximum Gasteiger partial charge on any atom is 0.255 e. The van der Waals surface area contributed by atoms with Crippen LogP contribution in [-0.4, -0.2) is 34.4 Å². The van der Waals surface area contributed by atoms with Crippen molar-refractivity contribution in [3.05, 3.63) is 24.0 Å². The van der Waals surface area contributed by atoms with Crippen LogP contribution >= 0.6 is 0 Å². The zero-order chi connectivity index (χ0) is 13.9. The monoisotopic (exact) mass is 273 g/mol. The first-order valence-corrected chi connectivity index (χ1v) is 7.80. The fourth-order valence-corrected chi connectivity index (χ4v) is 2.96. The SMILES string of the molecule is CCC1CCCCN1C(=O)c1cncc(NC2CC2)c1. The minimum atomic E-state index is 0.142. The van der Waals surface area contributed by atoms with Crippen molar-refractivity contribution < 1.29 is 4.79 Å². The van der Waals surface area contributed by atoms with Crippen LogP contribution in [-0.2, 0) is 0 Å². The highest BCUT2D eigenvalue weighted by atomic mass is 16.2. The third kappa shape index (κ3) is 2.94. The fraction of sp³-hybridized carbons (Fsp3) is 0.625. The van der Waals surface area contributed by atoms with Crippen molar-refractivity contribution >= 4 is 11.6 Å². The Morgan fingerprint density at radius 3 is 2.95 bits per heavy atom. The lowest BCUT2D eigenvalue weighted by atomic mass is 9.99. The van der Waals surface area contributed by atoms with Gasteiger partial charge in [0.2, 0.25) is 0 Å². The van der Waals surface area contributed by atoms with Crippen molar-refractivity contribution in [2.45, 2.75) is 57.5 Å². The summed E-state index contributed by atoms with van der Waals surface area (Å²) in [6.45, 7) is 3.05. The average molecular weight is 273 g/mol. The Labute approximate surface area is 120 Å². The van der Waals surface area contributed by atoms with Gasteiger partial charge in [0.05, 0.1) is 11.3 Å². The highest BCUT2D eigenvalue weighted by Gasteiger charge is 2.27. The average Bonchev–Trinajstić information content (AvgIpc) is 3.30. The Hall–Kier alpha value is -1.58. The first-order chi connectivity index (χ1) is 9.78. The lowest BCUT2D eigenvalue weighted by Gasteiger charge is -2.35. The third-order valence-electron chi connectivity index (χ3n) is 4.29. The van der Waals surface area contributed by atoms with E-state index in [2.05, 4.69) is 17.2 Å². The van der Waals surface area contributed by atoms with Gasteiger partial charge in [0.15, 0.2) is 0 Å². The number of rotatable bonds is 4. The first kappa shape index (κ1) is 13.4. The van der Waals surface area contributed by atoms with Crippen molar-refractivity contribution in [1.82, 2.24) is 9.88 Å². The number of aromatic nitrogens is 1. The van der Waals surface area contributed by atoms with Gasteiger partial charge in [-0.2, -0.15) is 0 Å². The van der Waals surface area contributed by atoms with Crippen LogP contribution in [0.1, 0.15) is 55.8 Å². The van der Waals surface area contributed by atoms with Gasteiger partial charge in [-0.3, -0.25) is 9.78 Å². The molecule has 0 spiro atoms. The van der Waals surface area contributed by atoms with Crippen molar-refractivity contribution in [1.29, 1.82) is 0 Å². The Morgan fingerprint density at radius 1 is 1.35 bits per heavy atom. The number of hydrogen-bond acceptors (Lipinski definition) is 3. The molecule has 20 heavy (non-hydrogen) atoms. The van der Waals surface area contributed by atoms with Crippen molar-refractivity contribution in [3.63, 3.8) is 0 Å². The van der Waals surface area contributed by atoms with E-state index in [1.54, 1.807) is 6.20 Å². The zero-order valence-corrected chi connectivity index (χ0v) is 12.1. The second kappa shape index (κ2) is 5.81. The summed E-state index contributed by atoms with van der Waals surface area (Å²) in [5.41, 5.74) is 1.69. The van der Waals surface area contributed by atoms with Crippen LogP contribution in [0.25, 0.3) is 0 Å². The maximum atomic E-state index is 12.7. The smallest absolute Gasteiger partial charge is 0.255 e. The molecule has 3 rings (SSSR count). The van der Waals surface area contributed by atoms with Gasteiger partial charge in [0, 0.05) is 31.0 Å². The van der Waals surface area contributed by atoms with Gasteiger partial charge >= 0.3 is 0 Å². The molecule has 1 atom stereocenters. The molecule has 1 unspecified atom stereocenters. The molecule has 1 aliphatic heterocycles.